The van der Waals surface area contributed by atoms with Gasteiger partial charge in [0.05, 0.1) is 6.61 Å². The first-order valence-electron chi connectivity index (χ1n) is 9.55. The Kier molecular flexibility index (Phi) is 4.99. The zero-order valence-electron chi connectivity index (χ0n) is 15.3. The van der Waals surface area contributed by atoms with Crippen molar-refractivity contribution in [2.24, 2.45) is 17.3 Å². The standard InChI is InChI=1S/C20H27BrN2O3/c1-25-5-6-26-18-16(3-2-4-22-18)23-17(24)12-19-8-14-7-15(9-19)11-20(21,10-14)13-19/h2-4,14-15H,5-13H2,1H3,(H,23,24). The molecule has 4 aliphatic rings. The quantitative estimate of drug-likeness (QED) is 0.528. The predicted molar refractivity (Wildman–Crippen MR) is 104 cm³/mol. The number of amides is 1. The summed E-state index contributed by atoms with van der Waals surface area (Å²) in [4.78, 5) is 17.1. The van der Waals surface area contributed by atoms with Crippen LogP contribution in [0.5, 0.6) is 5.88 Å². The maximum Gasteiger partial charge on any atom is 0.237 e. The van der Waals surface area contributed by atoms with Gasteiger partial charge in [0, 0.05) is 24.1 Å². The largest absolute Gasteiger partial charge is 0.474 e. The van der Waals surface area contributed by atoms with Crippen molar-refractivity contribution in [1.82, 2.24) is 4.98 Å². The second kappa shape index (κ2) is 7.12. The highest BCUT2D eigenvalue weighted by Crippen LogP contribution is 2.65. The van der Waals surface area contributed by atoms with Gasteiger partial charge in [-0.3, -0.25) is 4.79 Å². The molecule has 2 atom stereocenters. The minimum Gasteiger partial charge on any atom is -0.474 e. The van der Waals surface area contributed by atoms with E-state index in [9.17, 15) is 4.79 Å². The average Bonchev–Trinajstić information content (AvgIpc) is 2.53. The first-order valence-corrected chi connectivity index (χ1v) is 10.3. The van der Waals surface area contributed by atoms with Gasteiger partial charge in [0.15, 0.2) is 0 Å². The Morgan fingerprint density at radius 1 is 1.31 bits per heavy atom. The number of carbonyl (C=O) groups is 1. The number of rotatable bonds is 7. The molecule has 4 saturated carbocycles. The average molecular weight is 423 g/mol. The van der Waals surface area contributed by atoms with E-state index in [0.717, 1.165) is 18.3 Å². The maximum absolute atomic E-state index is 12.8. The van der Waals surface area contributed by atoms with Crippen LogP contribution in [0.2, 0.25) is 0 Å². The summed E-state index contributed by atoms with van der Waals surface area (Å²) in [5, 5.41) is 3.04. The van der Waals surface area contributed by atoms with Crippen molar-refractivity contribution in [3.8, 4) is 5.88 Å². The van der Waals surface area contributed by atoms with Gasteiger partial charge in [-0.2, -0.15) is 0 Å². The van der Waals surface area contributed by atoms with Gasteiger partial charge in [0.2, 0.25) is 11.8 Å². The molecule has 4 fully saturated rings. The molecule has 0 spiro atoms. The zero-order valence-corrected chi connectivity index (χ0v) is 16.9. The van der Waals surface area contributed by atoms with E-state index in [4.69, 9.17) is 9.47 Å². The molecule has 0 aliphatic heterocycles. The third kappa shape index (κ3) is 3.77. The molecular formula is C20H27BrN2O3. The topological polar surface area (TPSA) is 60.5 Å². The Bertz CT molecular complexity index is 667. The van der Waals surface area contributed by atoms with Crippen molar-refractivity contribution in [2.75, 3.05) is 25.6 Å². The van der Waals surface area contributed by atoms with Crippen LogP contribution >= 0.6 is 15.9 Å². The number of pyridine rings is 1. The SMILES string of the molecule is COCCOc1ncccc1NC(=O)CC12CC3CC(CC(Br)(C3)C1)C2. The van der Waals surface area contributed by atoms with E-state index in [-0.39, 0.29) is 15.6 Å². The first-order chi connectivity index (χ1) is 12.5. The number of aromatic nitrogens is 1. The van der Waals surface area contributed by atoms with Crippen LogP contribution in [-0.2, 0) is 9.53 Å². The van der Waals surface area contributed by atoms with Gasteiger partial charge in [-0.05, 0) is 67.9 Å². The number of hydrogen-bond donors (Lipinski definition) is 1. The minimum absolute atomic E-state index is 0.0765. The van der Waals surface area contributed by atoms with Crippen LogP contribution < -0.4 is 10.1 Å². The molecule has 26 heavy (non-hydrogen) atoms. The number of ether oxygens (including phenoxy) is 2. The van der Waals surface area contributed by atoms with Crippen LogP contribution in [0.1, 0.15) is 44.9 Å². The molecule has 5 nitrogen and oxygen atoms in total. The normalized spacial score (nSPS) is 34.7. The number of methoxy groups -OCH3 is 1. The molecule has 1 aromatic heterocycles. The van der Waals surface area contributed by atoms with Crippen LogP contribution in [0.3, 0.4) is 0 Å². The van der Waals surface area contributed by atoms with Crippen molar-refractivity contribution in [1.29, 1.82) is 0 Å². The van der Waals surface area contributed by atoms with Gasteiger partial charge < -0.3 is 14.8 Å². The summed E-state index contributed by atoms with van der Waals surface area (Å²) < 4.78 is 10.9. The number of halogens is 1. The summed E-state index contributed by atoms with van der Waals surface area (Å²) in [6.45, 7) is 0.902. The van der Waals surface area contributed by atoms with Crippen molar-refractivity contribution in [3.05, 3.63) is 18.3 Å². The van der Waals surface area contributed by atoms with Gasteiger partial charge in [-0.25, -0.2) is 4.98 Å². The van der Waals surface area contributed by atoms with Crippen LogP contribution in [0.15, 0.2) is 18.3 Å². The van der Waals surface area contributed by atoms with Gasteiger partial charge in [0.25, 0.3) is 0 Å². The minimum atomic E-state index is 0.0765. The Hall–Kier alpha value is -1.14. The van der Waals surface area contributed by atoms with E-state index in [1.165, 1.54) is 32.1 Å². The lowest BCUT2D eigenvalue weighted by molar-refractivity contribution is -0.123. The van der Waals surface area contributed by atoms with Gasteiger partial charge in [-0.15, -0.1) is 0 Å². The van der Waals surface area contributed by atoms with Crippen molar-refractivity contribution >= 4 is 27.5 Å². The summed E-state index contributed by atoms with van der Waals surface area (Å²) in [5.41, 5.74) is 0.809. The van der Waals surface area contributed by atoms with E-state index in [1.54, 1.807) is 13.3 Å². The van der Waals surface area contributed by atoms with Crippen molar-refractivity contribution in [2.45, 2.75) is 49.3 Å². The second-order valence-electron chi connectivity index (χ2n) is 8.53. The fraction of sp³-hybridized carbons (Fsp3) is 0.700. The Balaban J connectivity index is 1.42. The van der Waals surface area contributed by atoms with Gasteiger partial charge in [-0.1, -0.05) is 15.9 Å². The second-order valence-corrected chi connectivity index (χ2v) is 10.2. The molecule has 1 aromatic rings. The molecule has 142 valence electrons. The first kappa shape index (κ1) is 18.2. The molecule has 1 N–H and O–H groups in total. The fourth-order valence-corrected chi connectivity index (χ4v) is 7.41. The number of anilines is 1. The lowest BCUT2D eigenvalue weighted by Gasteiger charge is -2.60. The Morgan fingerprint density at radius 2 is 2.08 bits per heavy atom. The van der Waals surface area contributed by atoms with Gasteiger partial charge in [0.1, 0.15) is 12.3 Å². The highest BCUT2D eigenvalue weighted by atomic mass is 79.9. The maximum atomic E-state index is 12.8. The van der Waals surface area contributed by atoms with E-state index in [0.29, 0.717) is 31.2 Å². The summed E-state index contributed by atoms with van der Waals surface area (Å²) in [6, 6.07) is 3.66. The third-order valence-corrected chi connectivity index (χ3v) is 7.15. The third-order valence-electron chi connectivity index (χ3n) is 6.22. The predicted octanol–water partition coefficient (Wildman–Crippen LogP) is 4.17. The summed E-state index contributed by atoms with van der Waals surface area (Å²) in [6.07, 6.45) is 9.73. The van der Waals surface area contributed by atoms with Crippen LogP contribution in [0, 0.1) is 17.3 Å². The molecule has 1 heterocycles. The number of nitrogens with one attached hydrogen (secondary N) is 1. The summed E-state index contributed by atoms with van der Waals surface area (Å²) in [5.74, 6) is 2.11. The Labute approximate surface area is 163 Å². The number of nitrogens with zero attached hydrogens (tertiary/aromatic N) is 1. The lowest BCUT2D eigenvalue weighted by atomic mass is 9.48. The molecular weight excluding hydrogens is 396 g/mol. The van der Waals surface area contributed by atoms with E-state index in [1.807, 2.05) is 12.1 Å². The zero-order chi connectivity index (χ0) is 18.2. The Morgan fingerprint density at radius 3 is 2.77 bits per heavy atom. The summed E-state index contributed by atoms with van der Waals surface area (Å²) >= 11 is 4.02. The van der Waals surface area contributed by atoms with Gasteiger partial charge >= 0.3 is 0 Å². The highest BCUT2D eigenvalue weighted by Gasteiger charge is 2.57. The van der Waals surface area contributed by atoms with Crippen LogP contribution in [0.25, 0.3) is 0 Å². The molecule has 6 heteroatoms. The molecule has 0 radical (unpaired) electrons. The van der Waals surface area contributed by atoms with E-state index >= 15 is 0 Å². The number of carbonyl (C=O) groups excluding carboxylic acids is 1. The number of hydrogen-bond acceptors (Lipinski definition) is 4. The summed E-state index contributed by atoms with van der Waals surface area (Å²) in [7, 11) is 1.63. The fourth-order valence-electron chi connectivity index (χ4n) is 5.90. The van der Waals surface area contributed by atoms with E-state index in [2.05, 4.69) is 26.2 Å². The van der Waals surface area contributed by atoms with Crippen LogP contribution in [-0.4, -0.2) is 35.5 Å². The van der Waals surface area contributed by atoms with Crippen LogP contribution in [0.4, 0.5) is 5.69 Å². The molecule has 4 bridgehead atoms. The lowest BCUT2D eigenvalue weighted by Crippen LogP contribution is -2.53. The molecule has 2 unspecified atom stereocenters. The smallest absolute Gasteiger partial charge is 0.237 e. The highest BCUT2D eigenvalue weighted by molar-refractivity contribution is 9.10. The van der Waals surface area contributed by atoms with Crippen molar-refractivity contribution < 1.29 is 14.3 Å². The van der Waals surface area contributed by atoms with Crippen molar-refractivity contribution in [3.63, 3.8) is 0 Å². The molecule has 5 rings (SSSR count). The monoisotopic (exact) mass is 422 g/mol. The molecule has 0 saturated heterocycles. The number of alkyl halides is 1. The molecule has 0 aromatic carbocycles. The molecule has 4 aliphatic carbocycles. The van der Waals surface area contributed by atoms with E-state index < -0.39 is 0 Å². The molecule has 1 amide bonds.